The summed E-state index contributed by atoms with van der Waals surface area (Å²) in [4.78, 5) is 11.0. The molecule has 4 nitrogen and oxygen atoms in total. The van der Waals surface area contributed by atoms with Crippen molar-refractivity contribution in [3.8, 4) is 0 Å². The Balaban J connectivity index is 2.44. The molecular formula is C9H14O4. The lowest BCUT2D eigenvalue weighted by molar-refractivity contribution is -0.138. The molecule has 1 aliphatic rings. The highest BCUT2D eigenvalue weighted by molar-refractivity contribution is 5.88. The lowest BCUT2D eigenvalue weighted by atomic mass is 10.0. The third-order valence-electron chi connectivity index (χ3n) is 2.09. The quantitative estimate of drug-likeness (QED) is 0.496. The number of hydrogen-bond donors (Lipinski definition) is 1. The minimum atomic E-state index is -0.443. The molecule has 13 heavy (non-hydrogen) atoms. The van der Waals surface area contributed by atoms with E-state index >= 15 is 0 Å². The summed E-state index contributed by atoms with van der Waals surface area (Å²) in [5, 5.41) is 9.13. The van der Waals surface area contributed by atoms with Crippen molar-refractivity contribution in [2.45, 2.75) is 25.0 Å². The van der Waals surface area contributed by atoms with Gasteiger partial charge in [0.05, 0.1) is 31.5 Å². The third kappa shape index (κ3) is 2.54. The number of ether oxygens (including phenoxy) is 2. The second kappa shape index (κ2) is 4.39. The van der Waals surface area contributed by atoms with Crippen molar-refractivity contribution in [3.63, 3.8) is 0 Å². The highest BCUT2D eigenvalue weighted by Crippen LogP contribution is 2.19. The summed E-state index contributed by atoms with van der Waals surface area (Å²) in [6, 6.07) is 0. The first-order chi connectivity index (χ1) is 6.15. The molecule has 0 bridgehead atoms. The molecule has 0 aromatic rings. The van der Waals surface area contributed by atoms with Crippen LogP contribution in [0.25, 0.3) is 0 Å². The Hall–Kier alpha value is -0.870. The van der Waals surface area contributed by atoms with Crippen LogP contribution < -0.4 is 0 Å². The molecular weight excluding hydrogens is 172 g/mol. The van der Waals surface area contributed by atoms with Gasteiger partial charge in [0.15, 0.2) is 0 Å². The summed E-state index contributed by atoms with van der Waals surface area (Å²) in [6.45, 7) is 3.86. The number of esters is 1. The number of hydrogen-bond acceptors (Lipinski definition) is 4. The normalized spacial score (nSPS) is 28.2. The van der Waals surface area contributed by atoms with Gasteiger partial charge in [-0.05, 0) is 12.8 Å². The van der Waals surface area contributed by atoms with Crippen LogP contribution in [0.4, 0.5) is 0 Å². The molecule has 74 valence electrons. The number of aliphatic hydroxyl groups is 1. The highest BCUT2D eigenvalue weighted by Gasteiger charge is 2.25. The Morgan fingerprint density at radius 2 is 2.31 bits per heavy atom. The van der Waals surface area contributed by atoms with Crippen LogP contribution in [0.1, 0.15) is 12.8 Å². The van der Waals surface area contributed by atoms with Gasteiger partial charge in [-0.2, -0.15) is 0 Å². The zero-order chi connectivity index (χ0) is 9.84. The van der Waals surface area contributed by atoms with Crippen molar-refractivity contribution in [1.82, 2.24) is 0 Å². The van der Waals surface area contributed by atoms with E-state index in [1.54, 1.807) is 0 Å². The maximum absolute atomic E-state index is 11.0. The number of rotatable bonds is 2. The van der Waals surface area contributed by atoms with Crippen molar-refractivity contribution in [2.24, 2.45) is 0 Å². The summed E-state index contributed by atoms with van der Waals surface area (Å²) >= 11 is 0. The molecule has 0 spiro atoms. The van der Waals surface area contributed by atoms with Gasteiger partial charge >= 0.3 is 5.97 Å². The van der Waals surface area contributed by atoms with E-state index < -0.39 is 12.1 Å². The average Bonchev–Trinajstić information content (AvgIpc) is 2.17. The monoisotopic (exact) mass is 186 g/mol. The molecule has 1 N–H and O–H groups in total. The van der Waals surface area contributed by atoms with E-state index in [1.807, 2.05) is 0 Å². The first kappa shape index (κ1) is 10.2. The Labute approximate surface area is 77.1 Å². The van der Waals surface area contributed by atoms with Crippen molar-refractivity contribution in [1.29, 1.82) is 0 Å². The van der Waals surface area contributed by atoms with Gasteiger partial charge < -0.3 is 14.6 Å². The van der Waals surface area contributed by atoms with Gasteiger partial charge in [-0.3, -0.25) is 0 Å². The fourth-order valence-electron chi connectivity index (χ4n) is 1.28. The first-order valence-corrected chi connectivity index (χ1v) is 4.22. The van der Waals surface area contributed by atoms with E-state index in [2.05, 4.69) is 11.3 Å². The van der Waals surface area contributed by atoms with Crippen LogP contribution in [-0.4, -0.2) is 37.0 Å². The maximum Gasteiger partial charge on any atom is 0.335 e. The van der Waals surface area contributed by atoms with Crippen LogP contribution in [0.5, 0.6) is 0 Å². The second-order valence-corrected chi connectivity index (χ2v) is 3.07. The topological polar surface area (TPSA) is 55.8 Å². The molecule has 1 rings (SSSR count). The van der Waals surface area contributed by atoms with Gasteiger partial charge in [0.1, 0.15) is 0 Å². The largest absolute Gasteiger partial charge is 0.466 e. The molecule has 0 saturated carbocycles. The lowest BCUT2D eigenvalue weighted by Crippen LogP contribution is -2.32. The number of carbonyl (C=O) groups is 1. The molecule has 1 heterocycles. The molecule has 2 atom stereocenters. The summed E-state index contributed by atoms with van der Waals surface area (Å²) in [5.74, 6) is -0.443. The van der Waals surface area contributed by atoms with E-state index in [1.165, 1.54) is 7.11 Å². The third-order valence-corrected chi connectivity index (χ3v) is 2.09. The van der Waals surface area contributed by atoms with E-state index in [0.717, 1.165) is 0 Å². The zero-order valence-corrected chi connectivity index (χ0v) is 7.66. The van der Waals surface area contributed by atoms with Crippen molar-refractivity contribution < 1.29 is 19.4 Å². The van der Waals surface area contributed by atoms with E-state index in [-0.39, 0.29) is 12.7 Å². The van der Waals surface area contributed by atoms with Crippen LogP contribution in [0.3, 0.4) is 0 Å². The van der Waals surface area contributed by atoms with E-state index in [0.29, 0.717) is 18.4 Å². The lowest BCUT2D eigenvalue weighted by Gasteiger charge is -2.26. The Bertz CT molecular complexity index is 204. The number of aliphatic hydroxyl groups excluding tert-OH is 1. The van der Waals surface area contributed by atoms with Crippen LogP contribution in [0.2, 0.25) is 0 Å². The predicted octanol–water partition coefficient (Wildman–Crippen LogP) is 0.255. The molecule has 4 heteroatoms. The summed E-state index contributed by atoms with van der Waals surface area (Å²) in [5.41, 5.74) is 0.328. The second-order valence-electron chi connectivity index (χ2n) is 3.07. The van der Waals surface area contributed by atoms with Gasteiger partial charge in [0.25, 0.3) is 0 Å². The van der Waals surface area contributed by atoms with Gasteiger partial charge in [-0.25, -0.2) is 4.79 Å². The Kier molecular flexibility index (Phi) is 3.45. The molecule has 1 saturated heterocycles. The molecule has 0 aromatic carbocycles. The number of carbonyl (C=O) groups excluding carboxylic acids is 1. The highest BCUT2D eigenvalue weighted by atomic mass is 16.5. The van der Waals surface area contributed by atoms with Gasteiger partial charge in [-0.15, -0.1) is 0 Å². The molecule has 0 aromatic heterocycles. The van der Waals surface area contributed by atoms with E-state index in [9.17, 15) is 4.79 Å². The minimum absolute atomic E-state index is 0.265. The molecule has 1 aliphatic heterocycles. The summed E-state index contributed by atoms with van der Waals surface area (Å²) in [7, 11) is 1.31. The van der Waals surface area contributed by atoms with Crippen LogP contribution in [0.15, 0.2) is 12.2 Å². The molecule has 1 fully saturated rings. The summed E-state index contributed by atoms with van der Waals surface area (Å²) < 4.78 is 9.74. The van der Waals surface area contributed by atoms with Gasteiger partial charge in [0, 0.05) is 0 Å². The van der Waals surface area contributed by atoms with Crippen LogP contribution >= 0.6 is 0 Å². The van der Waals surface area contributed by atoms with Crippen molar-refractivity contribution in [2.75, 3.05) is 13.7 Å². The number of methoxy groups -OCH3 is 1. The standard InChI is InChI=1S/C9H14O4/c1-6(9(11)12-2)8-4-3-7(10)5-13-8/h7-8,10H,1,3-5H2,2H3. The SMILES string of the molecule is C=C(C(=O)OC)C1CCC(O)CO1. The van der Waals surface area contributed by atoms with Crippen LogP contribution in [0, 0.1) is 0 Å². The van der Waals surface area contributed by atoms with Crippen LogP contribution in [-0.2, 0) is 14.3 Å². The fourth-order valence-corrected chi connectivity index (χ4v) is 1.28. The van der Waals surface area contributed by atoms with Gasteiger partial charge in [0.2, 0.25) is 0 Å². The Morgan fingerprint density at radius 3 is 2.77 bits per heavy atom. The van der Waals surface area contributed by atoms with Gasteiger partial charge in [-0.1, -0.05) is 6.58 Å². The molecule has 0 radical (unpaired) electrons. The maximum atomic E-state index is 11.0. The molecule has 0 aliphatic carbocycles. The fraction of sp³-hybridized carbons (Fsp3) is 0.667. The Morgan fingerprint density at radius 1 is 1.62 bits per heavy atom. The molecule has 2 unspecified atom stereocenters. The molecule has 0 amide bonds. The average molecular weight is 186 g/mol. The van der Waals surface area contributed by atoms with E-state index in [4.69, 9.17) is 9.84 Å². The predicted molar refractivity (Wildman–Crippen MR) is 46.1 cm³/mol. The zero-order valence-electron chi connectivity index (χ0n) is 7.66. The smallest absolute Gasteiger partial charge is 0.335 e. The summed E-state index contributed by atoms with van der Waals surface area (Å²) in [6.07, 6.45) is 0.549. The minimum Gasteiger partial charge on any atom is -0.466 e. The van der Waals surface area contributed by atoms with Crippen molar-refractivity contribution in [3.05, 3.63) is 12.2 Å². The first-order valence-electron chi connectivity index (χ1n) is 4.22. The van der Waals surface area contributed by atoms with Crippen molar-refractivity contribution >= 4 is 5.97 Å².